The van der Waals surface area contributed by atoms with Gasteiger partial charge in [0.15, 0.2) is 11.4 Å². The summed E-state index contributed by atoms with van der Waals surface area (Å²) in [5.41, 5.74) is 13.4. The zero-order valence-electron chi connectivity index (χ0n) is 27.5. The fourth-order valence-corrected chi connectivity index (χ4v) is 6.74. The van der Waals surface area contributed by atoms with Crippen LogP contribution in [0.25, 0.3) is 88.8 Å². The molecule has 0 N–H and O–H groups in total. The maximum Gasteiger partial charge on any atom is 0.180 e. The van der Waals surface area contributed by atoms with Crippen molar-refractivity contribution in [1.82, 2.24) is 19.9 Å². The molecule has 0 aliphatic rings. The summed E-state index contributed by atoms with van der Waals surface area (Å²) in [7, 11) is 0. The van der Waals surface area contributed by atoms with Crippen molar-refractivity contribution >= 4 is 43.9 Å². The molecule has 0 fully saturated rings. The first-order chi connectivity index (χ1) is 24.0. The average molecular weight is 633 g/mol. The highest BCUT2D eigenvalue weighted by atomic mass is 16.3. The Hall–Kier alpha value is -6.20. The first-order valence-corrected chi connectivity index (χ1v) is 16.7. The van der Waals surface area contributed by atoms with Crippen molar-refractivity contribution in [3.8, 4) is 44.9 Å². The number of furan rings is 1. The minimum atomic E-state index is 0.270. The maximum absolute atomic E-state index is 6.42. The lowest BCUT2D eigenvalue weighted by atomic mass is 9.93. The molecule has 9 rings (SSSR count). The van der Waals surface area contributed by atoms with Crippen LogP contribution in [-0.4, -0.2) is 19.9 Å². The van der Waals surface area contributed by atoms with Gasteiger partial charge in [0.2, 0.25) is 0 Å². The number of aromatic nitrogens is 4. The topological polar surface area (TPSA) is 64.7 Å². The molecule has 5 aromatic carbocycles. The Morgan fingerprint density at radius 3 is 2.02 bits per heavy atom. The second kappa shape index (κ2) is 11.5. The van der Waals surface area contributed by atoms with E-state index in [0.717, 1.165) is 88.8 Å². The first kappa shape index (κ1) is 29.0. The molecule has 0 spiro atoms. The Balaban J connectivity index is 1.21. The van der Waals surface area contributed by atoms with Crippen LogP contribution in [0.2, 0.25) is 0 Å². The summed E-state index contributed by atoms with van der Waals surface area (Å²) in [6.07, 6.45) is 0. The van der Waals surface area contributed by atoms with E-state index in [9.17, 15) is 0 Å². The molecule has 0 aliphatic carbocycles. The van der Waals surface area contributed by atoms with E-state index in [0.29, 0.717) is 11.4 Å². The van der Waals surface area contributed by atoms with Crippen molar-refractivity contribution in [2.45, 2.75) is 26.7 Å². The molecule has 0 unspecified atom stereocenters. The number of para-hydroxylation sites is 1. The third-order valence-corrected chi connectivity index (χ3v) is 9.28. The van der Waals surface area contributed by atoms with Gasteiger partial charge in [0.25, 0.3) is 0 Å². The van der Waals surface area contributed by atoms with E-state index in [1.807, 2.05) is 55.5 Å². The molecule has 49 heavy (non-hydrogen) atoms. The standard InChI is InChI=1S/C44H32N4O/c1-26(2)37-25-36(34-22-21-28-20-19-27(3)45-39(28)41(34)46-37)32-15-9-13-30(23-32)31-14-10-16-33(24-31)40-43-42(35-17-7-8-18-38(35)49-43)48-44(47-40)29-11-5-4-6-12-29/h4-26H,1-3H3. The van der Waals surface area contributed by atoms with Crippen molar-refractivity contribution in [2.24, 2.45) is 0 Å². The number of rotatable bonds is 5. The highest BCUT2D eigenvalue weighted by molar-refractivity contribution is 6.09. The zero-order chi connectivity index (χ0) is 33.1. The van der Waals surface area contributed by atoms with E-state index in [4.69, 9.17) is 24.4 Å². The largest absolute Gasteiger partial charge is 0.452 e. The van der Waals surface area contributed by atoms with Gasteiger partial charge in [-0.05, 0) is 71.5 Å². The monoisotopic (exact) mass is 632 g/mol. The summed E-state index contributed by atoms with van der Waals surface area (Å²) >= 11 is 0. The number of aryl methyl sites for hydroxylation is 1. The lowest BCUT2D eigenvalue weighted by Crippen LogP contribution is -1.97. The minimum absolute atomic E-state index is 0.270. The molecule has 5 heteroatoms. The highest BCUT2D eigenvalue weighted by Gasteiger charge is 2.19. The van der Waals surface area contributed by atoms with Gasteiger partial charge in [-0.2, -0.15) is 0 Å². The second-order valence-electron chi connectivity index (χ2n) is 12.9. The molecule has 5 nitrogen and oxygen atoms in total. The van der Waals surface area contributed by atoms with Crippen molar-refractivity contribution in [2.75, 3.05) is 0 Å². The summed E-state index contributed by atoms with van der Waals surface area (Å²) in [6, 6.07) is 46.3. The van der Waals surface area contributed by atoms with Crippen molar-refractivity contribution in [3.05, 3.63) is 145 Å². The fourth-order valence-electron chi connectivity index (χ4n) is 6.74. The number of hydrogen-bond acceptors (Lipinski definition) is 5. The molecule has 0 atom stereocenters. The third kappa shape index (κ3) is 5.02. The van der Waals surface area contributed by atoms with Crippen LogP contribution in [0.3, 0.4) is 0 Å². The van der Waals surface area contributed by atoms with Crippen LogP contribution in [-0.2, 0) is 0 Å². The first-order valence-electron chi connectivity index (χ1n) is 16.7. The van der Waals surface area contributed by atoms with Crippen LogP contribution in [0.1, 0.15) is 31.2 Å². The molecule has 0 amide bonds. The summed E-state index contributed by atoms with van der Waals surface area (Å²) < 4.78 is 6.42. The van der Waals surface area contributed by atoms with Crippen LogP contribution in [0.4, 0.5) is 0 Å². The molecule has 234 valence electrons. The van der Waals surface area contributed by atoms with Gasteiger partial charge in [0.05, 0.1) is 11.0 Å². The lowest BCUT2D eigenvalue weighted by molar-refractivity contribution is 0.667. The summed E-state index contributed by atoms with van der Waals surface area (Å²) in [4.78, 5) is 20.2. The number of benzene rings is 5. The van der Waals surface area contributed by atoms with E-state index in [1.165, 1.54) is 0 Å². The molecule has 4 aromatic heterocycles. The van der Waals surface area contributed by atoms with E-state index in [1.54, 1.807) is 0 Å². The molecule has 0 bridgehead atoms. The van der Waals surface area contributed by atoms with E-state index in [2.05, 4.69) is 98.8 Å². The van der Waals surface area contributed by atoms with Gasteiger partial charge >= 0.3 is 0 Å². The fraction of sp³-hybridized carbons (Fsp3) is 0.0909. The number of fused-ring (bicyclic) bond motifs is 6. The van der Waals surface area contributed by atoms with Crippen LogP contribution >= 0.6 is 0 Å². The normalized spacial score (nSPS) is 11.8. The van der Waals surface area contributed by atoms with Crippen molar-refractivity contribution < 1.29 is 4.42 Å². The lowest BCUT2D eigenvalue weighted by Gasteiger charge is -2.15. The summed E-state index contributed by atoms with van der Waals surface area (Å²) in [5, 5.41) is 3.18. The van der Waals surface area contributed by atoms with Crippen LogP contribution in [0, 0.1) is 6.92 Å². The van der Waals surface area contributed by atoms with Gasteiger partial charge in [-0.25, -0.2) is 9.97 Å². The molecule has 9 aromatic rings. The Morgan fingerprint density at radius 2 is 1.20 bits per heavy atom. The van der Waals surface area contributed by atoms with Gasteiger partial charge in [0, 0.05) is 38.7 Å². The van der Waals surface area contributed by atoms with Crippen LogP contribution < -0.4 is 0 Å². The van der Waals surface area contributed by atoms with Crippen molar-refractivity contribution in [3.63, 3.8) is 0 Å². The number of pyridine rings is 2. The molecule has 0 radical (unpaired) electrons. The van der Waals surface area contributed by atoms with Gasteiger partial charge in [-0.3, -0.25) is 9.97 Å². The van der Waals surface area contributed by atoms with Gasteiger partial charge in [-0.1, -0.05) is 111 Å². The Kier molecular flexibility index (Phi) is 6.80. The highest BCUT2D eigenvalue weighted by Crippen LogP contribution is 2.39. The van der Waals surface area contributed by atoms with Crippen LogP contribution in [0.15, 0.2) is 138 Å². The van der Waals surface area contributed by atoms with Gasteiger partial charge in [-0.15, -0.1) is 0 Å². The molecule has 0 aliphatic heterocycles. The van der Waals surface area contributed by atoms with Crippen LogP contribution in [0.5, 0.6) is 0 Å². The minimum Gasteiger partial charge on any atom is -0.452 e. The molecule has 0 saturated heterocycles. The maximum atomic E-state index is 6.42. The molecule has 4 heterocycles. The Labute approximate surface area is 284 Å². The van der Waals surface area contributed by atoms with Gasteiger partial charge in [0.1, 0.15) is 16.8 Å². The quantitative estimate of drug-likeness (QED) is 0.177. The second-order valence-corrected chi connectivity index (χ2v) is 12.9. The van der Waals surface area contributed by atoms with E-state index in [-0.39, 0.29) is 5.92 Å². The predicted molar refractivity (Wildman–Crippen MR) is 200 cm³/mol. The molecular weight excluding hydrogens is 601 g/mol. The van der Waals surface area contributed by atoms with E-state index >= 15 is 0 Å². The third-order valence-electron chi connectivity index (χ3n) is 9.28. The van der Waals surface area contributed by atoms with Gasteiger partial charge < -0.3 is 4.42 Å². The number of nitrogens with zero attached hydrogens (tertiary/aromatic N) is 4. The van der Waals surface area contributed by atoms with Crippen molar-refractivity contribution in [1.29, 1.82) is 0 Å². The smallest absolute Gasteiger partial charge is 0.180 e. The summed E-state index contributed by atoms with van der Waals surface area (Å²) in [6.45, 7) is 6.42. The SMILES string of the molecule is Cc1ccc2ccc3c(-c4cccc(-c5cccc(-c6nc(-c7ccccc7)nc7c6oc6ccccc67)c5)c4)cc(C(C)C)nc3c2n1. The number of hydrogen-bond donors (Lipinski definition) is 0. The molecular formula is C44H32N4O. The Morgan fingerprint density at radius 1 is 0.510 bits per heavy atom. The Bertz CT molecular complexity index is 2710. The van der Waals surface area contributed by atoms with E-state index < -0.39 is 0 Å². The average Bonchev–Trinajstić information content (AvgIpc) is 3.53. The zero-order valence-corrected chi connectivity index (χ0v) is 27.5. The summed E-state index contributed by atoms with van der Waals surface area (Å²) in [5.74, 6) is 0.941. The predicted octanol–water partition coefficient (Wildman–Crippen LogP) is 11.6. The molecule has 0 saturated carbocycles.